The highest BCUT2D eigenvalue weighted by molar-refractivity contribution is 7.99. The molecular weight excluding hydrogens is 368 g/mol. The number of thioether (sulfide) groups is 1. The van der Waals surface area contributed by atoms with Gasteiger partial charge >= 0.3 is 0 Å². The zero-order chi connectivity index (χ0) is 20.3. The predicted octanol–water partition coefficient (Wildman–Crippen LogP) is 4.91. The van der Waals surface area contributed by atoms with Crippen molar-refractivity contribution in [3.8, 4) is 5.69 Å². The molecule has 0 saturated heterocycles. The highest BCUT2D eigenvalue weighted by Crippen LogP contribution is 2.24. The fourth-order valence-electron chi connectivity index (χ4n) is 2.76. The van der Waals surface area contributed by atoms with Gasteiger partial charge in [0.25, 0.3) is 0 Å². The van der Waals surface area contributed by atoms with Crippen molar-refractivity contribution in [3.63, 3.8) is 0 Å². The molecule has 0 aliphatic heterocycles. The lowest BCUT2D eigenvalue weighted by atomic mass is 9.87. The van der Waals surface area contributed by atoms with Crippen LogP contribution in [0.2, 0.25) is 0 Å². The van der Waals surface area contributed by atoms with Gasteiger partial charge in [-0.15, -0.1) is 10.2 Å². The summed E-state index contributed by atoms with van der Waals surface area (Å²) in [6.07, 6.45) is 1.68. The normalized spacial score (nSPS) is 11.5. The molecular formula is C22H26N4OS. The summed E-state index contributed by atoms with van der Waals surface area (Å²) >= 11 is 1.37. The maximum Gasteiger partial charge on any atom is 0.234 e. The lowest BCUT2D eigenvalue weighted by Crippen LogP contribution is -2.15. The molecule has 0 bridgehead atoms. The van der Waals surface area contributed by atoms with Gasteiger partial charge in [0.1, 0.15) is 6.33 Å². The number of hydrogen-bond donors (Lipinski definition) is 1. The third kappa shape index (κ3) is 4.81. The molecule has 3 rings (SSSR count). The van der Waals surface area contributed by atoms with E-state index in [9.17, 15) is 4.79 Å². The largest absolute Gasteiger partial charge is 0.325 e. The average Bonchev–Trinajstić information content (AvgIpc) is 3.10. The third-order valence-electron chi connectivity index (χ3n) is 4.65. The van der Waals surface area contributed by atoms with Crippen LogP contribution in [0.5, 0.6) is 0 Å². The predicted molar refractivity (Wildman–Crippen MR) is 115 cm³/mol. The molecule has 1 heterocycles. The van der Waals surface area contributed by atoms with Crippen LogP contribution in [0, 0.1) is 13.8 Å². The first-order chi connectivity index (χ1) is 13.2. The van der Waals surface area contributed by atoms with Crippen LogP contribution in [0.3, 0.4) is 0 Å². The van der Waals surface area contributed by atoms with Crippen molar-refractivity contribution in [2.75, 3.05) is 11.1 Å². The number of rotatable bonds is 5. The van der Waals surface area contributed by atoms with Crippen molar-refractivity contribution < 1.29 is 4.79 Å². The Morgan fingerprint density at radius 1 is 1.07 bits per heavy atom. The number of aromatic nitrogens is 3. The summed E-state index contributed by atoms with van der Waals surface area (Å²) < 4.78 is 1.91. The van der Waals surface area contributed by atoms with E-state index < -0.39 is 0 Å². The van der Waals surface area contributed by atoms with Crippen LogP contribution in [-0.4, -0.2) is 26.4 Å². The Balaban J connectivity index is 1.63. The molecule has 3 aromatic rings. The second-order valence-corrected chi connectivity index (χ2v) is 8.86. The van der Waals surface area contributed by atoms with Crippen LogP contribution in [-0.2, 0) is 10.2 Å². The van der Waals surface area contributed by atoms with E-state index in [0.717, 1.165) is 11.4 Å². The second-order valence-electron chi connectivity index (χ2n) is 7.92. The zero-order valence-electron chi connectivity index (χ0n) is 17.0. The number of carbonyl (C=O) groups excluding carboxylic acids is 1. The van der Waals surface area contributed by atoms with E-state index in [1.807, 2.05) is 22.8 Å². The van der Waals surface area contributed by atoms with Crippen LogP contribution in [0.15, 0.2) is 53.9 Å². The first-order valence-electron chi connectivity index (χ1n) is 9.25. The summed E-state index contributed by atoms with van der Waals surface area (Å²) in [7, 11) is 0. The van der Waals surface area contributed by atoms with Gasteiger partial charge in [-0.05, 0) is 60.2 Å². The number of hydrogen-bond acceptors (Lipinski definition) is 4. The van der Waals surface area contributed by atoms with Crippen molar-refractivity contribution in [1.29, 1.82) is 0 Å². The average molecular weight is 395 g/mol. The molecule has 1 aromatic heterocycles. The first-order valence-corrected chi connectivity index (χ1v) is 10.2. The van der Waals surface area contributed by atoms with Gasteiger partial charge < -0.3 is 5.32 Å². The van der Waals surface area contributed by atoms with E-state index in [-0.39, 0.29) is 17.1 Å². The van der Waals surface area contributed by atoms with Gasteiger partial charge in [-0.25, -0.2) is 0 Å². The van der Waals surface area contributed by atoms with Crippen molar-refractivity contribution in [1.82, 2.24) is 14.8 Å². The summed E-state index contributed by atoms with van der Waals surface area (Å²) in [5.41, 5.74) is 5.57. The molecule has 0 saturated carbocycles. The van der Waals surface area contributed by atoms with Gasteiger partial charge in [-0.2, -0.15) is 0 Å². The van der Waals surface area contributed by atoms with E-state index in [2.05, 4.69) is 74.4 Å². The molecule has 0 atom stereocenters. The fraction of sp³-hybridized carbons (Fsp3) is 0.318. The van der Waals surface area contributed by atoms with Gasteiger partial charge in [0.2, 0.25) is 5.91 Å². The number of nitrogens with zero attached hydrogens (tertiary/aromatic N) is 3. The van der Waals surface area contributed by atoms with Crippen LogP contribution in [0.25, 0.3) is 5.69 Å². The summed E-state index contributed by atoms with van der Waals surface area (Å²) in [6.45, 7) is 10.7. The molecule has 1 N–H and O–H groups in total. The highest BCUT2D eigenvalue weighted by Gasteiger charge is 2.14. The number of aryl methyl sites for hydroxylation is 2. The Kier molecular flexibility index (Phi) is 5.89. The SMILES string of the molecule is Cc1ccc(-n2cnnc2SCC(=O)Nc2ccc(C(C)(C)C)cc2)cc1C. The van der Waals surface area contributed by atoms with E-state index in [0.29, 0.717) is 5.16 Å². The molecule has 0 radical (unpaired) electrons. The van der Waals surface area contributed by atoms with Crippen LogP contribution < -0.4 is 5.32 Å². The molecule has 5 nitrogen and oxygen atoms in total. The molecule has 1 amide bonds. The van der Waals surface area contributed by atoms with Gasteiger partial charge in [0.05, 0.1) is 5.75 Å². The van der Waals surface area contributed by atoms with E-state index in [4.69, 9.17) is 0 Å². The van der Waals surface area contributed by atoms with Crippen molar-refractivity contribution in [2.24, 2.45) is 0 Å². The lowest BCUT2D eigenvalue weighted by Gasteiger charge is -2.19. The topological polar surface area (TPSA) is 59.8 Å². The Hall–Kier alpha value is -2.60. The molecule has 0 aliphatic rings. The van der Waals surface area contributed by atoms with Gasteiger partial charge in [-0.1, -0.05) is 50.7 Å². The summed E-state index contributed by atoms with van der Waals surface area (Å²) in [6, 6.07) is 14.2. The number of amides is 1. The minimum atomic E-state index is -0.0665. The molecule has 0 aliphatic carbocycles. The smallest absolute Gasteiger partial charge is 0.234 e. The molecule has 28 heavy (non-hydrogen) atoms. The first kappa shape index (κ1) is 20.1. The number of anilines is 1. The fourth-order valence-corrected chi connectivity index (χ4v) is 3.48. The minimum Gasteiger partial charge on any atom is -0.325 e. The summed E-state index contributed by atoms with van der Waals surface area (Å²) in [4.78, 5) is 12.3. The van der Waals surface area contributed by atoms with Crippen LogP contribution >= 0.6 is 11.8 Å². The highest BCUT2D eigenvalue weighted by atomic mass is 32.2. The van der Waals surface area contributed by atoms with E-state index in [1.165, 1.54) is 28.5 Å². The van der Waals surface area contributed by atoms with Gasteiger partial charge in [0, 0.05) is 11.4 Å². The van der Waals surface area contributed by atoms with Gasteiger partial charge in [-0.3, -0.25) is 9.36 Å². The van der Waals surface area contributed by atoms with E-state index >= 15 is 0 Å². The number of nitrogens with one attached hydrogen (secondary N) is 1. The van der Waals surface area contributed by atoms with Gasteiger partial charge in [0.15, 0.2) is 5.16 Å². The second kappa shape index (κ2) is 8.19. The summed E-state index contributed by atoms with van der Waals surface area (Å²) in [5, 5.41) is 11.8. The van der Waals surface area contributed by atoms with Crippen LogP contribution in [0.4, 0.5) is 5.69 Å². The lowest BCUT2D eigenvalue weighted by molar-refractivity contribution is -0.113. The Morgan fingerprint density at radius 2 is 1.79 bits per heavy atom. The molecule has 2 aromatic carbocycles. The molecule has 6 heteroatoms. The van der Waals surface area contributed by atoms with Crippen LogP contribution in [0.1, 0.15) is 37.5 Å². The minimum absolute atomic E-state index is 0.0665. The molecule has 0 fully saturated rings. The van der Waals surface area contributed by atoms with Crippen molar-refractivity contribution in [2.45, 2.75) is 45.2 Å². The molecule has 0 unspecified atom stereocenters. The summed E-state index contributed by atoms with van der Waals surface area (Å²) in [5.74, 6) is 0.202. The maximum atomic E-state index is 12.3. The molecule has 0 spiro atoms. The Morgan fingerprint density at radius 3 is 2.43 bits per heavy atom. The van der Waals surface area contributed by atoms with Crippen molar-refractivity contribution in [3.05, 3.63) is 65.5 Å². The maximum absolute atomic E-state index is 12.3. The third-order valence-corrected chi connectivity index (χ3v) is 5.60. The quantitative estimate of drug-likeness (QED) is 0.625. The molecule has 146 valence electrons. The monoisotopic (exact) mass is 394 g/mol. The number of benzene rings is 2. The Bertz CT molecular complexity index is 971. The van der Waals surface area contributed by atoms with E-state index in [1.54, 1.807) is 6.33 Å². The van der Waals surface area contributed by atoms with Crippen molar-refractivity contribution >= 4 is 23.4 Å². The number of carbonyl (C=O) groups is 1. The Labute approximate surface area is 170 Å². The zero-order valence-corrected chi connectivity index (χ0v) is 17.8. The standard InChI is InChI=1S/C22H26N4OS/c1-15-6-11-19(12-16(15)2)26-14-23-25-21(26)28-13-20(27)24-18-9-7-17(8-10-18)22(3,4)5/h6-12,14H,13H2,1-5H3,(H,24,27).